The van der Waals surface area contributed by atoms with E-state index in [-0.39, 0.29) is 35.6 Å². The van der Waals surface area contributed by atoms with Crippen molar-refractivity contribution >= 4 is 16.8 Å². The highest BCUT2D eigenvalue weighted by Crippen LogP contribution is 2.31. The number of ether oxygens (including phenoxy) is 1. The molecule has 2 heterocycles. The maximum absolute atomic E-state index is 13.3. The Morgan fingerprint density at radius 2 is 2.00 bits per heavy atom. The largest absolute Gasteiger partial charge is 0.494 e. The summed E-state index contributed by atoms with van der Waals surface area (Å²) in [5, 5.41) is 20.9. The average Bonchev–Trinajstić information content (AvgIpc) is 2.98. The van der Waals surface area contributed by atoms with Gasteiger partial charge in [0.1, 0.15) is 17.2 Å². The molecule has 0 aliphatic carbocycles. The van der Waals surface area contributed by atoms with Crippen LogP contribution < -0.4 is 5.56 Å². The molecule has 144 valence electrons. The number of nitriles is 1. The Hall–Kier alpha value is -3.37. The van der Waals surface area contributed by atoms with Crippen molar-refractivity contribution in [3.05, 3.63) is 62.1 Å². The monoisotopic (exact) mass is 380 g/mol. The van der Waals surface area contributed by atoms with Crippen molar-refractivity contribution < 1.29 is 19.1 Å². The third-order valence-corrected chi connectivity index (χ3v) is 4.84. The van der Waals surface area contributed by atoms with E-state index in [2.05, 4.69) is 0 Å². The standard InChI is InChI=1S/C21H20N2O5/c1-11-5-6-16-14(9-11)13(3)19(28-16)18(24)17-12(2)15(10-22)20(25)23(21(17)26)7-8-27-4/h5-6,9,26H,7-8H2,1-4H3. The number of aromatic nitrogens is 1. The Bertz CT molecular complexity index is 1190. The molecule has 0 fully saturated rings. The molecule has 0 aliphatic heterocycles. The second-order valence-corrected chi connectivity index (χ2v) is 6.64. The number of ketones is 1. The fraction of sp³-hybridized carbons (Fsp3) is 0.286. The summed E-state index contributed by atoms with van der Waals surface area (Å²) in [7, 11) is 1.45. The van der Waals surface area contributed by atoms with E-state index in [1.165, 1.54) is 14.0 Å². The zero-order valence-electron chi connectivity index (χ0n) is 16.1. The van der Waals surface area contributed by atoms with Gasteiger partial charge in [-0.2, -0.15) is 5.26 Å². The van der Waals surface area contributed by atoms with Gasteiger partial charge >= 0.3 is 0 Å². The van der Waals surface area contributed by atoms with Gasteiger partial charge in [-0.05, 0) is 38.5 Å². The van der Waals surface area contributed by atoms with Crippen LogP contribution in [0.4, 0.5) is 0 Å². The molecule has 0 amide bonds. The summed E-state index contributed by atoms with van der Waals surface area (Å²) >= 11 is 0. The van der Waals surface area contributed by atoms with Gasteiger partial charge in [-0.15, -0.1) is 0 Å². The quantitative estimate of drug-likeness (QED) is 0.682. The van der Waals surface area contributed by atoms with Crippen LogP contribution in [0.2, 0.25) is 0 Å². The Morgan fingerprint density at radius 3 is 2.64 bits per heavy atom. The van der Waals surface area contributed by atoms with Crippen LogP contribution in [0, 0.1) is 32.1 Å². The number of carbonyl (C=O) groups excluding carboxylic acids is 1. The number of fused-ring (bicyclic) bond motifs is 1. The molecule has 0 radical (unpaired) electrons. The number of rotatable bonds is 5. The lowest BCUT2D eigenvalue weighted by Gasteiger charge is -2.14. The molecule has 0 unspecified atom stereocenters. The van der Waals surface area contributed by atoms with Gasteiger partial charge in [0.05, 0.1) is 18.7 Å². The first kappa shape index (κ1) is 19.4. The first-order valence-corrected chi connectivity index (χ1v) is 8.71. The molecule has 0 atom stereocenters. The predicted octanol–water partition coefficient (Wildman–Crippen LogP) is 2.97. The molecule has 1 aromatic carbocycles. The van der Waals surface area contributed by atoms with Crippen LogP contribution in [0.3, 0.4) is 0 Å². The number of aryl methyl sites for hydroxylation is 2. The van der Waals surface area contributed by atoms with Crippen LogP contribution in [0.5, 0.6) is 5.88 Å². The normalized spacial score (nSPS) is 11.0. The van der Waals surface area contributed by atoms with Gasteiger partial charge in [-0.3, -0.25) is 14.2 Å². The van der Waals surface area contributed by atoms with Crippen molar-refractivity contribution in [2.45, 2.75) is 27.3 Å². The first-order chi connectivity index (χ1) is 13.3. The van der Waals surface area contributed by atoms with E-state index in [0.29, 0.717) is 11.1 Å². The molecule has 7 heteroatoms. The van der Waals surface area contributed by atoms with Crippen molar-refractivity contribution in [3.8, 4) is 11.9 Å². The molecule has 7 nitrogen and oxygen atoms in total. The highest BCUT2D eigenvalue weighted by atomic mass is 16.5. The summed E-state index contributed by atoms with van der Waals surface area (Å²) in [5.74, 6) is -1.01. The molecular formula is C21H20N2O5. The predicted molar refractivity (Wildman–Crippen MR) is 103 cm³/mol. The van der Waals surface area contributed by atoms with Crippen molar-refractivity contribution in [3.63, 3.8) is 0 Å². The lowest BCUT2D eigenvalue weighted by molar-refractivity contribution is 0.100. The van der Waals surface area contributed by atoms with E-state index in [0.717, 1.165) is 15.5 Å². The highest BCUT2D eigenvalue weighted by molar-refractivity contribution is 6.12. The lowest BCUT2D eigenvalue weighted by Crippen LogP contribution is -2.28. The van der Waals surface area contributed by atoms with Gasteiger partial charge in [0.15, 0.2) is 5.76 Å². The maximum atomic E-state index is 13.3. The topological polar surface area (TPSA) is 105 Å². The van der Waals surface area contributed by atoms with Gasteiger partial charge in [0.25, 0.3) is 5.56 Å². The zero-order valence-corrected chi connectivity index (χ0v) is 16.1. The molecule has 0 bridgehead atoms. The fourth-order valence-electron chi connectivity index (χ4n) is 3.28. The summed E-state index contributed by atoms with van der Waals surface area (Å²) in [5.41, 5.74) is 1.36. The van der Waals surface area contributed by atoms with Gasteiger partial charge in [-0.1, -0.05) is 11.6 Å². The lowest BCUT2D eigenvalue weighted by atomic mass is 9.98. The van der Waals surface area contributed by atoms with Crippen molar-refractivity contribution in [2.24, 2.45) is 0 Å². The molecule has 0 aliphatic rings. The van der Waals surface area contributed by atoms with E-state index in [1.807, 2.05) is 25.1 Å². The van der Waals surface area contributed by atoms with E-state index in [1.54, 1.807) is 13.0 Å². The average molecular weight is 380 g/mol. The third kappa shape index (κ3) is 2.98. The number of pyridine rings is 1. The smallest absolute Gasteiger partial charge is 0.271 e. The summed E-state index contributed by atoms with van der Waals surface area (Å²) in [6.07, 6.45) is 0. The maximum Gasteiger partial charge on any atom is 0.271 e. The van der Waals surface area contributed by atoms with Crippen molar-refractivity contribution in [1.82, 2.24) is 4.57 Å². The molecular weight excluding hydrogens is 360 g/mol. The Labute approximate surface area is 161 Å². The summed E-state index contributed by atoms with van der Waals surface area (Å²) < 4.78 is 11.7. The van der Waals surface area contributed by atoms with Gasteiger partial charge in [-0.25, -0.2) is 0 Å². The number of hydrogen-bond donors (Lipinski definition) is 1. The molecule has 2 aromatic heterocycles. The molecule has 3 rings (SSSR count). The second kappa shape index (κ2) is 7.33. The van der Waals surface area contributed by atoms with Crippen LogP contribution in [-0.2, 0) is 11.3 Å². The number of carbonyl (C=O) groups is 1. The Balaban J connectivity index is 2.26. The van der Waals surface area contributed by atoms with Crippen LogP contribution >= 0.6 is 0 Å². The molecule has 0 saturated heterocycles. The number of aromatic hydroxyl groups is 1. The van der Waals surface area contributed by atoms with E-state index < -0.39 is 17.2 Å². The van der Waals surface area contributed by atoms with Gasteiger partial charge < -0.3 is 14.3 Å². The van der Waals surface area contributed by atoms with E-state index in [9.17, 15) is 20.0 Å². The molecule has 3 aromatic rings. The first-order valence-electron chi connectivity index (χ1n) is 8.71. The summed E-state index contributed by atoms with van der Waals surface area (Å²) in [6, 6.07) is 7.40. The Kier molecular flexibility index (Phi) is 5.08. The minimum absolute atomic E-state index is 0.00864. The van der Waals surface area contributed by atoms with Gasteiger partial charge in [0, 0.05) is 18.1 Å². The van der Waals surface area contributed by atoms with Crippen LogP contribution in [0.15, 0.2) is 27.4 Å². The van der Waals surface area contributed by atoms with Crippen molar-refractivity contribution in [2.75, 3.05) is 13.7 Å². The number of nitrogens with zero attached hydrogens (tertiary/aromatic N) is 2. The zero-order chi connectivity index (χ0) is 20.6. The number of benzene rings is 1. The van der Waals surface area contributed by atoms with E-state index in [4.69, 9.17) is 9.15 Å². The van der Waals surface area contributed by atoms with Crippen LogP contribution in [-0.4, -0.2) is 29.2 Å². The number of furan rings is 1. The van der Waals surface area contributed by atoms with E-state index >= 15 is 0 Å². The SMILES string of the molecule is COCCn1c(O)c(C(=O)c2oc3ccc(C)cc3c2C)c(C)c(C#N)c1=O. The van der Waals surface area contributed by atoms with Crippen molar-refractivity contribution in [1.29, 1.82) is 5.26 Å². The summed E-state index contributed by atoms with van der Waals surface area (Å²) in [6.45, 7) is 5.31. The molecule has 1 N–H and O–H groups in total. The van der Waals surface area contributed by atoms with Crippen LogP contribution in [0.25, 0.3) is 11.0 Å². The van der Waals surface area contributed by atoms with Gasteiger partial charge in [0.2, 0.25) is 11.7 Å². The summed E-state index contributed by atoms with van der Waals surface area (Å²) in [4.78, 5) is 25.8. The molecule has 0 saturated carbocycles. The Morgan fingerprint density at radius 1 is 1.29 bits per heavy atom. The molecule has 28 heavy (non-hydrogen) atoms. The highest BCUT2D eigenvalue weighted by Gasteiger charge is 2.28. The fourth-order valence-corrected chi connectivity index (χ4v) is 3.28. The van der Waals surface area contributed by atoms with Crippen LogP contribution in [0.1, 0.15) is 38.4 Å². The molecule has 0 spiro atoms. The minimum Gasteiger partial charge on any atom is -0.494 e. The minimum atomic E-state index is -0.664. The number of hydrogen-bond acceptors (Lipinski definition) is 6. The third-order valence-electron chi connectivity index (χ3n) is 4.84. The number of methoxy groups -OCH3 is 1. The second-order valence-electron chi connectivity index (χ2n) is 6.64.